The molecular formula is C6H6BrNaS. The minimum absolute atomic E-state index is 0. The zero-order valence-corrected chi connectivity index (χ0v) is 9.62. The van der Waals surface area contributed by atoms with Crippen molar-refractivity contribution in [3.63, 3.8) is 0 Å². The molecule has 0 amide bonds. The summed E-state index contributed by atoms with van der Waals surface area (Å²) in [5.41, 5.74) is 0. The Bertz CT molecular complexity index is 157. The van der Waals surface area contributed by atoms with E-state index >= 15 is 0 Å². The summed E-state index contributed by atoms with van der Waals surface area (Å²) in [6.07, 6.45) is 0. The summed E-state index contributed by atoms with van der Waals surface area (Å²) in [5, 5.41) is 0. The van der Waals surface area contributed by atoms with Crippen LogP contribution in [-0.2, 0) is 0 Å². The van der Waals surface area contributed by atoms with E-state index in [1.54, 1.807) is 0 Å². The van der Waals surface area contributed by atoms with Gasteiger partial charge in [0, 0.05) is 9.37 Å². The van der Waals surface area contributed by atoms with Crippen molar-refractivity contribution in [1.82, 2.24) is 0 Å². The van der Waals surface area contributed by atoms with Crippen molar-refractivity contribution < 1.29 is 31.0 Å². The average Bonchev–Trinajstić information content (AvgIpc) is 1.77. The van der Waals surface area contributed by atoms with Crippen molar-refractivity contribution in [2.45, 2.75) is 4.90 Å². The van der Waals surface area contributed by atoms with Gasteiger partial charge in [-0.2, -0.15) is 0 Å². The first-order chi connectivity index (χ1) is 3.79. The van der Waals surface area contributed by atoms with Crippen molar-refractivity contribution in [3.05, 3.63) is 28.7 Å². The zero-order chi connectivity index (χ0) is 5.98. The molecule has 3 heteroatoms. The summed E-state index contributed by atoms with van der Waals surface area (Å²) in [6, 6.07) is 7.80. The van der Waals surface area contributed by atoms with Gasteiger partial charge in [-0.15, -0.1) is 12.6 Å². The minimum atomic E-state index is 0. The van der Waals surface area contributed by atoms with Gasteiger partial charge in [0.05, 0.1) is 0 Å². The molecule has 0 atom stereocenters. The van der Waals surface area contributed by atoms with E-state index in [9.17, 15) is 0 Å². The third-order valence-electron chi connectivity index (χ3n) is 0.827. The predicted octanol–water partition coefficient (Wildman–Crippen LogP) is -0.146. The summed E-state index contributed by atoms with van der Waals surface area (Å²) < 4.78 is 1.09. The monoisotopic (exact) mass is 212 g/mol. The van der Waals surface area contributed by atoms with E-state index in [1.165, 1.54) is 0 Å². The number of hydrogen-bond donors (Lipinski definition) is 1. The molecule has 1 aromatic rings. The molecule has 0 aliphatic heterocycles. The third-order valence-corrected chi connectivity index (χ3v) is 1.65. The van der Waals surface area contributed by atoms with E-state index < -0.39 is 0 Å². The first-order valence-corrected chi connectivity index (χ1v) is 3.47. The standard InChI is InChI=1S/C6H5BrS.Na.H/c7-5-1-3-6(8)4-2-5;;/h1-4,8H;;/q;+1;-1. The summed E-state index contributed by atoms with van der Waals surface area (Å²) in [6.45, 7) is 0. The molecule has 0 saturated carbocycles. The van der Waals surface area contributed by atoms with Crippen LogP contribution in [0.25, 0.3) is 0 Å². The maximum absolute atomic E-state index is 4.11. The molecule has 9 heavy (non-hydrogen) atoms. The van der Waals surface area contributed by atoms with Gasteiger partial charge < -0.3 is 1.43 Å². The molecule has 0 aliphatic carbocycles. The van der Waals surface area contributed by atoms with Gasteiger partial charge >= 0.3 is 29.6 Å². The Labute approximate surface area is 92.4 Å². The fourth-order valence-corrected chi connectivity index (χ4v) is 0.854. The molecule has 0 spiro atoms. The van der Waals surface area contributed by atoms with Gasteiger partial charge in [-0.25, -0.2) is 0 Å². The van der Waals surface area contributed by atoms with Gasteiger partial charge in [-0.1, -0.05) is 15.9 Å². The Kier molecular flexibility index (Phi) is 5.36. The Balaban J connectivity index is 0. The average molecular weight is 213 g/mol. The molecule has 44 valence electrons. The maximum Gasteiger partial charge on any atom is 1.00 e. The second-order valence-electron chi connectivity index (χ2n) is 1.48. The van der Waals surface area contributed by atoms with Crippen LogP contribution in [-0.4, -0.2) is 0 Å². The molecule has 0 nitrogen and oxygen atoms in total. The fraction of sp³-hybridized carbons (Fsp3) is 0. The summed E-state index contributed by atoms with van der Waals surface area (Å²) in [4.78, 5) is 0.994. The van der Waals surface area contributed by atoms with Gasteiger partial charge in [0.15, 0.2) is 0 Å². The second-order valence-corrected chi connectivity index (χ2v) is 2.91. The first kappa shape index (κ1) is 10.0. The summed E-state index contributed by atoms with van der Waals surface area (Å²) in [5.74, 6) is 0. The Hall–Kier alpha value is 1.05. The van der Waals surface area contributed by atoms with Crippen LogP contribution in [0.15, 0.2) is 33.6 Å². The number of rotatable bonds is 0. The topological polar surface area (TPSA) is 0 Å². The van der Waals surface area contributed by atoms with E-state index in [-0.39, 0.29) is 31.0 Å². The Morgan fingerprint density at radius 3 is 2.00 bits per heavy atom. The van der Waals surface area contributed by atoms with Gasteiger partial charge in [0.1, 0.15) is 0 Å². The zero-order valence-electron chi connectivity index (χ0n) is 6.13. The predicted molar refractivity (Wildman–Crippen MR) is 42.5 cm³/mol. The SMILES string of the molecule is Sc1ccc(Br)cc1.[H-].[Na+]. The van der Waals surface area contributed by atoms with E-state index in [0.717, 1.165) is 9.37 Å². The fourth-order valence-electron chi connectivity index (χ4n) is 0.441. The van der Waals surface area contributed by atoms with Crippen LogP contribution < -0.4 is 29.6 Å². The van der Waals surface area contributed by atoms with Gasteiger partial charge in [0.2, 0.25) is 0 Å². The molecule has 0 bridgehead atoms. The third kappa shape index (κ3) is 3.68. The molecule has 0 fully saturated rings. The van der Waals surface area contributed by atoms with Crippen LogP contribution in [0.5, 0.6) is 0 Å². The quantitative estimate of drug-likeness (QED) is 0.450. The molecule has 0 N–H and O–H groups in total. The van der Waals surface area contributed by atoms with Crippen molar-refractivity contribution in [3.8, 4) is 0 Å². The molecule has 1 aromatic carbocycles. The molecule has 0 aromatic heterocycles. The normalized spacial score (nSPS) is 8.22. The van der Waals surface area contributed by atoms with E-state index in [2.05, 4.69) is 28.6 Å². The maximum atomic E-state index is 4.11. The number of hydrogen-bond acceptors (Lipinski definition) is 1. The van der Waals surface area contributed by atoms with Crippen LogP contribution in [0, 0.1) is 0 Å². The Morgan fingerprint density at radius 1 is 1.22 bits per heavy atom. The van der Waals surface area contributed by atoms with Gasteiger partial charge in [0.25, 0.3) is 0 Å². The minimum Gasteiger partial charge on any atom is -1.00 e. The molecule has 0 radical (unpaired) electrons. The van der Waals surface area contributed by atoms with Crippen molar-refractivity contribution >= 4 is 28.6 Å². The molecular weight excluding hydrogens is 207 g/mol. The molecule has 0 unspecified atom stereocenters. The van der Waals surface area contributed by atoms with Crippen molar-refractivity contribution in [2.24, 2.45) is 0 Å². The first-order valence-electron chi connectivity index (χ1n) is 2.23. The molecule has 0 saturated heterocycles. The van der Waals surface area contributed by atoms with Crippen LogP contribution in [0.1, 0.15) is 1.43 Å². The van der Waals surface area contributed by atoms with E-state index in [1.807, 2.05) is 24.3 Å². The summed E-state index contributed by atoms with van der Waals surface area (Å²) in [7, 11) is 0. The largest absolute Gasteiger partial charge is 1.00 e. The Morgan fingerprint density at radius 2 is 1.67 bits per heavy atom. The second kappa shape index (κ2) is 4.80. The summed E-state index contributed by atoms with van der Waals surface area (Å²) >= 11 is 7.42. The molecule has 1 rings (SSSR count). The van der Waals surface area contributed by atoms with Crippen molar-refractivity contribution in [2.75, 3.05) is 0 Å². The van der Waals surface area contributed by atoms with Gasteiger partial charge in [-0.05, 0) is 24.3 Å². The molecule has 0 heterocycles. The van der Waals surface area contributed by atoms with Crippen LogP contribution in [0.4, 0.5) is 0 Å². The number of benzene rings is 1. The van der Waals surface area contributed by atoms with Crippen LogP contribution in [0.2, 0.25) is 0 Å². The number of halogens is 1. The van der Waals surface area contributed by atoms with E-state index in [0.29, 0.717) is 0 Å². The molecule has 0 aliphatic rings. The van der Waals surface area contributed by atoms with Crippen LogP contribution in [0.3, 0.4) is 0 Å². The van der Waals surface area contributed by atoms with Crippen molar-refractivity contribution in [1.29, 1.82) is 0 Å². The van der Waals surface area contributed by atoms with Crippen LogP contribution >= 0.6 is 28.6 Å². The van der Waals surface area contributed by atoms with E-state index in [4.69, 9.17) is 0 Å². The number of thiol groups is 1. The smallest absolute Gasteiger partial charge is 1.00 e. The van der Waals surface area contributed by atoms with Gasteiger partial charge in [-0.3, -0.25) is 0 Å².